The summed E-state index contributed by atoms with van der Waals surface area (Å²) in [5.74, 6) is 1.08. The van der Waals surface area contributed by atoms with Gasteiger partial charge in [0.05, 0.1) is 25.4 Å². The Balaban J connectivity index is 1.65. The van der Waals surface area contributed by atoms with Gasteiger partial charge in [-0.15, -0.1) is 0 Å². The molecule has 0 aliphatic rings. The van der Waals surface area contributed by atoms with Gasteiger partial charge in [-0.25, -0.2) is 0 Å². The number of esters is 1. The number of carbonyl (C=O) groups excluding carboxylic acids is 2. The smallest absolute Gasteiger partial charge is 0.306 e. The number of hydrogen-bond donors (Lipinski definition) is 1. The quantitative estimate of drug-likeness (QED) is 0.243. The molecule has 2 aromatic rings. The van der Waals surface area contributed by atoms with Gasteiger partial charge in [0, 0.05) is 12.5 Å². The molecule has 0 bridgehead atoms. The molecule has 0 saturated heterocycles. The van der Waals surface area contributed by atoms with Crippen LogP contribution in [-0.2, 0) is 22.4 Å². The molecule has 0 aliphatic heterocycles. The zero-order valence-corrected chi connectivity index (χ0v) is 19.3. The summed E-state index contributed by atoms with van der Waals surface area (Å²) >= 11 is 0. The second-order valence-electron chi connectivity index (χ2n) is 7.59. The number of Topliss-reactive ketones (excluding diaryl/α,β-unsaturated/α-hetero) is 1. The van der Waals surface area contributed by atoms with E-state index in [0.717, 1.165) is 42.6 Å². The fourth-order valence-electron chi connectivity index (χ4n) is 3.29. The Morgan fingerprint density at radius 2 is 1.62 bits per heavy atom. The summed E-state index contributed by atoms with van der Waals surface area (Å²) in [6.07, 6.45) is 4.50. The molecule has 1 N–H and O–H groups in total. The standard InChI is InChI=1S/C26H34O6/c1-4-21-17-23(19(3)27)24(28)18-25(21)32-16-8-6-7-15-31-22-12-9-20(10-13-22)11-14-26(29)30-5-2/h9-10,12-13,17-18,28H,4-8,11,14-16H2,1-3H3. The molecule has 0 saturated carbocycles. The second-order valence-corrected chi connectivity index (χ2v) is 7.59. The van der Waals surface area contributed by atoms with Crippen LogP contribution in [0, 0.1) is 0 Å². The Kier molecular flexibility index (Phi) is 10.6. The number of rotatable bonds is 14. The number of phenolic OH excluding ortho intramolecular Hbond substituents is 1. The van der Waals surface area contributed by atoms with Crippen molar-refractivity contribution in [2.24, 2.45) is 0 Å². The zero-order valence-electron chi connectivity index (χ0n) is 19.3. The number of aryl methyl sites for hydroxylation is 2. The fraction of sp³-hybridized carbons (Fsp3) is 0.462. The molecule has 2 rings (SSSR count). The maximum absolute atomic E-state index is 11.6. The number of benzene rings is 2. The summed E-state index contributed by atoms with van der Waals surface area (Å²) in [4.78, 5) is 23.0. The summed E-state index contributed by atoms with van der Waals surface area (Å²) in [7, 11) is 0. The highest BCUT2D eigenvalue weighted by Gasteiger charge is 2.12. The third-order valence-corrected chi connectivity index (χ3v) is 5.10. The molecule has 6 nitrogen and oxygen atoms in total. The fourth-order valence-corrected chi connectivity index (χ4v) is 3.29. The van der Waals surface area contributed by atoms with E-state index in [1.165, 1.54) is 13.0 Å². The topological polar surface area (TPSA) is 82.1 Å². The largest absolute Gasteiger partial charge is 0.507 e. The molecule has 0 spiro atoms. The Morgan fingerprint density at radius 3 is 2.25 bits per heavy atom. The van der Waals surface area contributed by atoms with E-state index >= 15 is 0 Å². The van der Waals surface area contributed by atoms with Crippen LogP contribution in [0.2, 0.25) is 0 Å². The van der Waals surface area contributed by atoms with E-state index in [1.807, 2.05) is 31.2 Å². The predicted molar refractivity (Wildman–Crippen MR) is 124 cm³/mol. The first-order valence-electron chi connectivity index (χ1n) is 11.3. The first-order valence-corrected chi connectivity index (χ1v) is 11.3. The van der Waals surface area contributed by atoms with Crippen LogP contribution < -0.4 is 9.47 Å². The van der Waals surface area contributed by atoms with E-state index in [0.29, 0.717) is 44.0 Å². The SMILES string of the molecule is CCOC(=O)CCc1ccc(OCCCCCOc2cc(O)c(C(C)=O)cc2CC)cc1. The van der Waals surface area contributed by atoms with E-state index in [4.69, 9.17) is 14.2 Å². The first kappa shape index (κ1) is 25.2. The summed E-state index contributed by atoms with van der Waals surface area (Å²) in [6.45, 7) is 6.82. The number of aromatic hydroxyl groups is 1. The molecule has 32 heavy (non-hydrogen) atoms. The molecule has 2 aromatic carbocycles. The molecule has 6 heteroatoms. The lowest BCUT2D eigenvalue weighted by molar-refractivity contribution is -0.143. The monoisotopic (exact) mass is 442 g/mol. The Hall–Kier alpha value is -3.02. The third-order valence-electron chi connectivity index (χ3n) is 5.10. The molecule has 174 valence electrons. The van der Waals surface area contributed by atoms with Crippen molar-refractivity contribution in [3.05, 3.63) is 53.1 Å². The van der Waals surface area contributed by atoms with Crippen molar-refractivity contribution >= 4 is 11.8 Å². The number of hydrogen-bond acceptors (Lipinski definition) is 6. The van der Waals surface area contributed by atoms with Crippen LogP contribution in [0.25, 0.3) is 0 Å². The van der Waals surface area contributed by atoms with Crippen molar-refractivity contribution in [1.82, 2.24) is 0 Å². The molecule has 0 aliphatic carbocycles. The summed E-state index contributed by atoms with van der Waals surface area (Å²) < 4.78 is 16.6. The lowest BCUT2D eigenvalue weighted by Gasteiger charge is -2.13. The molecule has 0 heterocycles. The van der Waals surface area contributed by atoms with Crippen LogP contribution in [0.4, 0.5) is 0 Å². The van der Waals surface area contributed by atoms with Crippen molar-refractivity contribution in [2.75, 3.05) is 19.8 Å². The first-order chi connectivity index (χ1) is 15.4. The van der Waals surface area contributed by atoms with Gasteiger partial charge in [0.25, 0.3) is 0 Å². The maximum atomic E-state index is 11.6. The van der Waals surface area contributed by atoms with Gasteiger partial charge in [-0.3, -0.25) is 9.59 Å². The molecular formula is C26H34O6. The number of ether oxygens (including phenoxy) is 3. The number of carbonyl (C=O) groups is 2. The molecule has 0 unspecified atom stereocenters. The normalized spacial score (nSPS) is 10.6. The highest BCUT2D eigenvalue weighted by atomic mass is 16.5. The van der Waals surface area contributed by atoms with Crippen LogP contribution in [0.15, 0.2) is 36.4 Å². The van der Waals surface area contributed by atoms with Gasteiger partial charge in [0.15, 0.2) is 5.78 Å². The van der Waals surface area contributed by atoms with Gasteiger partial charge in [0.2, 0.25) is 0 Å². The van der Waals surface area contributed by atoms with Gasteiger partial charge in [-0.1, -0.05) is 19.1 Å². The van der Waals surface area contributed by atoms with Crippen molar-refractivity contribution in [3.8, 4) is 17.2 Å². The zero-order chi connectivity index (χ0) is 23.3. The van der Waals surface area contributed by atoms with Crippen molar-refractivity contribution in [2.45, 2.75) is 59.3 Å². The molecule has 0 radical (unpaired) electrons. The third kappa shape index (κ3) is 8.25. The van der Waals surface area contributed by atoms with E-state index in [1.54, 1.807) is 13.0 Å². The van der Waals surface area contributed by atoms with Gasteiger partial charge in [-0.2, -0.15) is 0 Å². The highest BCUT2D eigenvalue weighted by molar-refractivity contribution is 5.97. The van der Waals surface area contributed by atoms with E-state index in [-0.39, 0.29) is 17.5 Å². The van der Waals surface area contributed by atoms with Gasteiger partial charge in [0.1, 0.15) is 17.2 Å². The number of unbranched alkanes of at least 4 members (excludes halogenated alkanes) is 2. The molecule has 0 atom stereocenters. The lowest BCUT2D eigenvalue weighted by atomic mass is 10.0. The molecule has 0 fully saturated rings. The van der Waals surface area contributed by atoms with Crippen molar-refractivity contribution < 1.29 is 28.9 Å². The second kappa shape index (κ2) is 13.4. The van der Waals surface area contributed by atoms with E-state index in [9.17, 15) is 14.7 Å². The average Bonchev–Trinajstić information content (AvgIpc) is 2.78. The number of ketones is 1. The summed E-state index contributed by atoms with van der Waals surface area (Å²) in [5.41, 5.74) is 2.33. The maximum Gasteiger partial charge on any atom is 0.306 e. The average molecular weight is 443 g/mol. The highest BCUT2D eigenvalue weighted by Crippen LogP contribution is 2.29. The predicted octanol–water partition coefficient (Wildman–Crippen LogP) is 5.28. The van der Waals surface area contributed by atoms with Crippen molar-refractivity contribution in [1.29, 1.82) is 0 Å². The van der Waals surface area contributed by atoms with E-state index < -0.39 is 0 Å². The minimum absolute atomic E-state index is 0.0370. The minimum Gasteiger partial charge on any atom is -0.507 e. The van der Waals surface area contributed by atoms with Crippen LogP contribution in [0.5, 0.6) is 17.2 Å². The van der Waals surface area contributed by atoms with Gasteiger partial charge >= 0.3 is 5.97 Å². The molecule has 0 aromatic heterocycles. The van der Waals surface area contributed by atoms with Gasteiger partial charge < -0.3 is 19.3 Å². The Morgan fingerprint density at radius 1 is 0.938 bits per heavy atom. The Labute approximate surface area is 190 Å². The van der Waals surface area contributed by atoms with Crippen molar-refractivity contribution in [3.63, 3.8) is 0 Å². The molecule has 0 amide bonds. The van der Waals surface area contributed by atoms with Crippen LogP contribution in [0.3, 0.4) is 0 Å². The summed E-state index contributed by atoms with van der Waals surface area (Å²) in [5, 5.41) is 10.0. The lowest BCUT2D eigenvalue weighted by Crippen LogP contribution is -2.05. The number of phenols is 1. The Bertz CT molecular complexity index is 873. The van der Waals surface area contributed by atoms with E-state index in [2.05, 4.69) is 0 Å². The minimum atomic E-state index is -0.174. The van der Waals surface area contributed by atoms with Crippen LogP contribution >= 0.6 is 0 Å². The molecular weight excluding hydrogens is 408 g/mol. The van der Waals surface area contributed by atoms with Crippen LogP contribution in [0.1, 0.15) is 67.9 Å². The van der Waals surface area contributed by atoms with Gasteiger partial charge in [-0.05, 0) is 75.3 Å². The van der Waals surface area contributed by atoms with Crippen LogP contribution in [-0.4, -0.2) is 36.7 Å². The summed E-state index contributed by atoms with van der Waals surface area (Å²) in [6, 6.07) is 11.0.